The van der Waals surface area contributed by atoms with E-state index in [1.807, 2.05) is 6.07 Å². The molecule has 1 atom stereocenters. The lowest BCUT2D eigenvalue weighted by molar-refractivity contribution is -0.116. The van der Waals surface area contributed by atoms with Gasteiger partial charge in [-0.25, -0.2) is 4.98 Å². The summed E-state index contributed by atoms with van der Waals surface area (Å²) in [7, 11) is 2.17. The number of carbonyl (C=O) groups excluding carboxylic acids is 1. The van der Waals surface area contributed by atoms with E-state index in [2.05, 4.69) is 59.3 Å². The van der Waals surface area contributed by atoms with Crippen LogP contribution in [0.2, 0.25) is 0 Å². The van der Waals surface area contributed by atoms with Gasteiger partial charge in [0.2, 0.25) is 0 Å². The van der Waals surface area contributed by atoms with Crippen molar-refractivity contribution in [2.75, 3.05) is 38.1 Å². The second-order valence-corrected chi connectivity index (χ2v) is 9.41. The maximum absolute atomic E-state index is 11.8. The molecule has 0 spiro atoms. The lowest BCUT2D eigenvalue weighted by atomic mass is 10.1. The van der Waals surface area contributed by atoms with Crippen molar-refractivity contribution in [1.29, 1.82) is 0 Å². The van der Waals surface area contributed by atoms with E-state index in [1.54, 1.807) is 11.3 Å². The number of aromatic nitrogens is 1. The summed E-state index contributed by atoms with van der Waals surface area (Å²) in [5, 5.41) is 1.00. The zero-order valence-corrected chi connectivity index (χ0v) is 20.6. The predicted octanol–water partition coefficient (Wildman–Crippen LogP) is 5.12. The van der Waals surface area contributed by atoms with Crippen molar-refractivity contribution in [3.63, 3.8) is 0 Å². The lowest BCUT2D eigenvalue weighted by Gasteiger charge is -2.31. The molecule has 2 fully saturated rings. The van der Waals surface area contributed by atoms with Crippen LogP contribution in [0.4, 0.5) is 5.69 Å². The molecule has 1 unspecified atom stereocenters. The quantitative estimate of drug-likeness (QED) is 0.493. The monoisotopic (exact) mass is 493 g/mol. The lowest BCUT2D eigenvalue weighted by Crippen LogP contribution is -2.35. The highest BCUT2D eigenvalue weighted by molar-refractivity contribution is 7.18. The van der Waals surface area contributed by atoms with Crippen LogP contribution in [0.5, 0.6) is 0 Å². The Morgan fingerprint density at radius 2 is 1.84 bits per heavy atom. The standard InChI is InChI=1S/C24H27N3O2S.2ClH/c1-26-12-10-20(11-13-26)29-23(24-25-21-7-2-3-8-22(21)30-24)17-5-4-6-18(15-17)27-14-9-19(28)16-27;;/h2-8,15,20,23H,9-14,16H2,1H3;2*1H. The van der Waals surface area contributed by atoms with Crippen molar-refractivity contribution in [3.05, 3.63) is 59.1 Å². The molecule has 8 heteroatoms. The van der Waals surface area contributed by atoms with Crippen LogP contribution in [0, 0.1) is 0 Å². The van der Waals surface area contributed by atoms with Gasteiger partial charge >= 0.3 is 0 Å². The third-order valence-electron chi connectivity index (χ3n) is 6.09. The number of hydrogen-bond donors (Lipinski definition) is 0. The van der Waals surface area contributed by atoms with E-state index in [1.165, 1.54) is 4.70 Å². The van der Waals surface area contributed by atoms with Crippen molar-refractivity contribution in [2.45, 2.75) is 31.5 Å². The SMILES string of the molecule is CN1CCC(OC(c2cccc(N3CCC(=O)C3)c2)c2nc3ccccc3s2)CC1.Cl.Cl. The molecule has 0 bridgehead atoms. The minimum absolute atomic E-state index is 0. The maximum Gasteiger partial charge on any atom is 0.153 e. The molecule has 3 heterocycles. The average molecular weight is 494 g/mol. The van der Waals surface area contributed by atoms with Crippen molar-refractivity contribution >= 4 is 57.8 Å². The van der Waals surface area contributed by atoms with Crippen molar-refractivity contribution in [2.24, 2.45) is 0 Å². The number of rotatable bonds is 5. The molecule has 0 radical (unpaired) electrons. The first-order valence-corrected chi connectivity index (χ1v) is 11.5. The summed E-state index contributed by atoms with van der Waals surface area (Å²) in [5.74, 6) is 0.311. The molecule has 1 aromatic heterocycles. The number of ketones is 1. The second-order valence-electron chi connectivity index (χ2n) is 8.34. The number of fused-ring (bicyclic) bond motifs is 1. The molecule has 3 aromatic rings. The fourth-order valence-electron chi connectivity index (χ4n) is 4.33. The minimum Gasteiger partial charge on any atom is -0.364 e. The van der Waals surface area contributed by atoms with Gasteiger partial charge in [0.1, 0.15) is 11.1 Å². The number of benzene rings is 2. The number of carbonyl (C=O) groups is 1. The zero-order chi connectivity index (χ0) is 20.5. The molecule has 2 aliphatic rings. The largest absolute Gasteiger partial charge is 0.364 e. The Morgan fingerprint density at radius 1 is 1.06 bits per heavy atom. The van der Waals surface area contributed by atoms with Crippen LogP contribution in [-0.4, -0.2) is 55.0 Å². The zero-order valence-electron chi connectivity index (χ0n) is 18.1. The highest BCUT2D eigenvalue weighted by atomic mass is 35.5. The van der Waals surface area contributed by atoms with Crippen LogP contribution < -0.4 is 4.90 Å². The normalized spacial score (nSPS) is 18.4. The van der Waals surface area contributed by atoms with Gasteiger partial charge in [-0.1, -0.05) is 24.3 Å². The van der Waals surface area contributed by atoms with Crippen molar-refractivity contribution in [1.82, 2.24) is 9.88 Å². The van der Waals surface area contributed by atoms with Gasteiger partial charge in [-0.15, -0.1) is 36.2 Å². The number of Topliss-reactive ketones (excluding diaryl/α,β-unsaturated/α-hetero) is 1. The van der Waals surface area contributed by atoms with Crippen LogP contribution >= 0.6 is 36.2 Å². The Morgan fingerprint density at radius 3 is 2.56 bits per heavy atom. The Hall–Kier alpha value is -1.70. The molecule has 2 saturated heterocycles. The molecule has 172 valence electrons. The van der Waals surface area contributed by atoms with E-state index in [0.29, 0.717) is 18.7 Å². The van der Waals surface area contributed by atoms with E-state index in [4.69, 9.17) is 9.72 Å². The number of anilines is 1. The van der Waals surface area contributed by atoms with Gasteiger partial charge in [0.05, 0.1) is 22.9 Å². The molecular weight excluding hydrogens is 465 g/mol. The van der Waals surface area contributed by atoms with Crippen LogP contribution in [0.25, 0.3) is 10.2 Å². The van der Waals surface area contributed by atoms with E-state index in [9.17, 15) is 4.79 Å². The maximum atomic E-state index is 11.8. The summed E-state index contributed by atoms with van der Waals surface area (Å²) in [6, 6.07) is 16.8. The van der Waals surface area contributed by atoms with Gasteiger partial charge < -0.3 is 14.5 Å². The van der Waals surface area contributed by atoms with Crippen molar-refractivity contribution < 1.29 is 9.53 Å². The molecule has 0 N–H and O–H groups in total. The van der Waals surface area contributed by atoms with E-state index in [-0.39, 0.29) is 37.0 Å². The number of hydrogen-bond acceptors (Lipinski definition) is 6. The number of para-hydroxylation sites is 1. The third kappa shape index (κ3) is 5.43. The molecular formula is C24H29Cl2N3O2S. The minimum atomic E-state index is -0.186. The third-order valence-corrected chi connectivity index (χ3v) is 7.17. The van der Waals surface area contributed by atoms with Gasteiger partial charge in [-0.05, 0) is 49.7 Å². The first-order chi connectivity index (χ1) is 14.7. The molecule has 0 aliphatic carbocycles. The summed E-state index contributed by atoms with van der Waals surface area (Å²) in [5.41, 5.74) is 3.23. The summed E-state index contributed by atoms with van der Waals surface area (Å²) in [6.45, 7) is 3.43. The van der Waals surface area contributed by atoms with Crippen LogP contribution in [0.15, 0.2) is 48.5 Å². The first-order valence-electron chi connectivity index (χ1n) is 10.7. The first kappa shape index (κ1) is 24.9. The fraction of sp³-hybridized carbons (Fsp3) is 0.417. The van der Waals surface area contributed by atoms with Gasteiger partial charge in [0, 0.05) is 31.7 Å². The smallest absolute Gasteiger partial charge is 0.153 e. The second kappa shape index (κ2) is 10.9. The molecule has 5 nitrogen and oxygen atoms in total. The Kier molecular flexibility index (Phi) is 8.53. The number of ether oxygens (including phenoxy) is 1. The number of thiazole rings is 1. The number of halogens is 2. The predicted molar refractivity (Wildman–Crippen MR) is 136 cm³/mol. The number of likely N-dealkylation sites (tertiary alicyclic amines) is 1. The van der Waals surface area contributed by atoms with Gasteiger partial charge in [0.15, 0.2) is 5.78 Å². The summed E-state index contributed by atoms with van der Waals surface area (Å²) < 4.78 is 7.90. The summed E-state index contributed by atoms with van der Waals surface area (Å²) in [4.78, 5) is 21.2. The molecule has 2 aromatic carbocycles. The summed E-state index contributed by atoms with van der Waals surface area (Å²) in [6.07, 6.45) is 2.76. The van der Waals surface area contributed by atoms with E-state index in [0.717, 1.165) is 54.3 Å². The van der Waals surface area contributed by atoms with Gasteiger partial charge in [-0.2, -0.15) is 0 Å². The highest BCUT2D eigenvalue weighted by Gasteiger charge is 2.27. The van der Waals surface area contributed by atoms with Gasteiger partial charge in [0.25, 0.3) is 0 Å². The Bertz CT molecular complexity index is 1020. The Balaban J connectivity index is 0.00000144. The van der Waals surface area contributed by atoms with Crippen LogP contribution in [0.3, 0.4) is 0 Å². The molecule has 2 aliphatic heterocycles. The number of piperidine rings is 1. The molecule has 32 heavy (non-hydrogen) atoms. The molecule has 0 amide bonds. The highest BCUT2D eigenvalue weighted by Crippen LogP contribution is 2.36. The van der Waals surface area contributed by atoms with Crippen molar-refractivity contribution in [3.8, 4) is 0 Å². The van der Waals surface area contributed by atoms with Crippen LogP contribution in [0.1, 0.15) is 35.9 Å². The van der Waals surface area contributed by atoms with E-state index >= 15 is 0 Å². The average Bonchev–Trinajstić information content (AvgIpc) is 3.39. The van der Waals surface area contributed by atoms with Crippen LogP contribution in [-0.2, 0) is 9.53 Å². The number of nitrogens with zero attached hydrogens (tertiary/aromatic N) is 3. The van der Waals surface area contributed by atoms with E-state index < -0.39 is 0 Å². The fourth-order valence-corrected chi connectivity index (χ4v) is 5.36. The molecule has 5 rings (SSSR count). The molecule has 0 saturated carbocycles. The summed E-state index contributed by atoms with van der Waals surface area (Å²) >= 11 is 1.71. The van der Waals surface area contributed by atoms with Gasteiger partial charge in [-0.3, -0.25) is 4.79 Å². The topological polar surface area (TPSA) is 45.7 Å². The Labute approximate surface area is 205 Å².